The summed E-state index contributed by atoms with van der Waals surface area (Å²) in [5.74, 6) is -1.26. The van der Waals surface area contributed by atoms with Gasteiger partial charge in [-0.2, -0.15) is 0 Å². The molecule has 1 amide bonds. The van der Waals surface area contributed by atoms with Crippen molar-refractivity contribution in [3.05, 3.63) is 34.3 Å². The van der Waals surface area contributed by atoms with E-state index in [4.69, 9.17) is 16.7 Å². The van der Waals surface area contributed by atoms with Crippen molar-refractivity contribution in [2.75, 3.05) is 6.54 Å². The summed E-state index contributed by atoms with van der Waals surface area (Å²) in [6.07, 6.45) is 0. The molecule has 0 aromatic heterocycles. The zero-order chi connectivity index (χ0) is 11.0. The van der Waals surface area contributed by atoms with Crippen molar-refractivity contribution < 1.29 is 14.7 Å². The standard InChI is InChI=1S/C10H8ClNO3/c11-7-1-2-8-6(3-7)4-12(10(8)15)5-9(13)14/h1-3H,4-5H2,(H,13,14). The molecule has 5 heteroatoms. The molecule has 15 heavy (non-hydrogen) atoms. The summed E-state index contributed by atoms with van der Waals surface area (Å²) in [6, 6.07) is 4.95. The van der Waals surface area contributed by atoms with Gasteiger partial charge in [-0.3, -0.25) is 9.59 Å². The molecule has 78 valence electrons. The molecule has 1 N–H and O–H groups in total. The molecule has 0 unspecified atom stereocenters. The molecular formula is C10H8ClNO3. The third kappa shape index (κ3) is 1.80. The van der Waals surface area contributed by atoms with Crippen LogP contribution in [0.25, 0.3) is 0 Å². The molecule has 1 aliphatic heterocycles. The Hall–Kier alpha value is -1.55. The quantitative estimate of drug-likeness (QED) is 0.827. The highest BCUT2D eigenvalue weighted by atomic mass is 35.5. The summed E-state index contributed by atoms with van der Waals surface area (Å²) in [5, 5.41) is 9.16. The van der Waals surface area contributed by atoms with Crippen molar-refractivity contribution in [3.63, 3.8) is 0 Å². The highest BCUT2D eigenvalue weighted by molar-refractivity contribution is 6.30. The van der Waals surface area contributed by atoms with Crippen molar-refractivity contribution in [2.24, 2.45) is 0 Å². The van der Waals surface area contributed by atoms with Gasteiger partial charge < -0.3 is 10.0 Å². The molecule has 0 saturated carbocycles. The van der Waals surface area contributed by atoms with E-state index < -0.39 is 5.97 Å². The highest BCUT2D eigenvalue weighted by Crippen LogP contribution is 2.25. The zero-order valence-corrected chi connectivity index (χ0v) is 8.49. The van der Waals surface area contributed by atoms with Gasteiger partial charge in [-0.25, -0.2) is 0 Å². The van der Waals surface area contributed by atoms with Crippen LogP contribution in [0.1, 0.15) is 15.9 Å². The smallest absolute Gasteiger partial charge is 0.323 e. The lowest BCUT2D eigenvalue weighted by molar-refractivity contribution is -0.137. The van der Waals surface area contributed by atoms with Gasteiger partial charge in [-0.15, -0.1) is 0 Å². The number of aliphatic carboxylic acids is 1. The van der Waals surface area contributed by atoms with Crippen LogP contribution in [0.2, 0.25) is 5.02 Å². The number of nitrogens with zero attached hydrogens (tertiary/aromatic N) is 1. The van der Waals surface area contributed by atoms with E-state index in [9.17, 15) is 9.59 Å². The molecule has 1 aliphatic rings. The number of carbonyl (C=O) groups is 2. The minimum absolute atomic E-state index is 0.246. The average molecular weight is 226 g/mol. The lowest BCUT2D eigenvalue weighted by Gasteiger charge is -2.11. The van der Waals surface area contributed by atoms with Crippen LogP contribution in [0.15, 0.2) is 18.2 Å². The van der Waals surface area contributed by atoms with Gasteiger partial charge >= 0.3 is 5.97 Å². The lowest BCUT2D eigenvalue weighted by Crippen LogP contribution is -2.29. The molecule has 0 saturated heterocycles. The van der Waals surface area contributed by atoms with Crippen LogP contribution in [0.4, 0.5) is 0 Å². The minimum Gasteiger partial charge on any atom is -0.480 e. The number of hydrogen-bond donors (Lipinski definition) is 1. The van der Waals surface area contributed by atoms with Crippen LogP contribution >= 0.6 is 11.6 Å². The number of benzene rings is 1. The number of fused-ring (bicyclic) bond motifs is 1. The van der Waals surface area contributed by atoms with Gasteiger partial charge in [0, 0.05) is 17.1 Å². The summed E-state index contributed by atoms with van der Waals surface area (Å²) >= 11 is 5.78. The molecule has 1 heterocycles. The van der Waals surface area contributed by atoms with Gasteiger partial charge in [-0.05, 0) is 23.8 Å². The van der Waals surface area contributed by atoms with Crippen LogP contribution < -0.4 is 0 Å². The summed E-state index contributed by atoms with van der Waals surface area (Å²) in [7, 11) is 0. The molecule has 0 spiro atoms. The van der Waals surface area contributed by atoms with Crippen molar-refractivity contribution in [2.45, 2.75) is 6.54 Å². The SMILES string of the molecule is O=C(O)CN1Cc2cc(Cl)ccc2C1=O. The Morgan fingerprint density at radius 1 is 1.53 bits per heavy atom. The number of carboxylic acid groups (broad SMARTS) is 1. The third-order valence-corrected chi connectivity index (χ3v) is 2.51. The van der Waals surface area contributed by atoms with Gasteiger partial charge in [0.1, 0.15) is 6.54 Å². The maximum absolute atomic E-state index is 11.7. The molecule has 0 bridgehead atoms. The first-order valence-corrected chi connectivity index (χ1v) is 4.75. The molecule has 0 atom stereocenters. The first kappa shape index (κ1) is 9.98. The number of rotatable bonds is 2. The van der Waals surface area contributed by atoms with Gasteiger partial charge in [0.25, 0.3) is 5.91 Å². The van der Waals surface area contributed by atoms with Crippen molar-refractivity contribution >= 4 is 23.5 Å². The molecule has 0 aliphatic carbocycles. The Morgan fingerprint density at radius 3 is 2.93 bits per heavy atom. The summed E-state index contributed by atoms with van der Waals surface area (Å²) in [6.45, 7) is 0.0478. The van der Waals surface area contributed by atoms with Crippen LogP contribution in [-0.2, 0) is 11.3 Å². The Balaban J connectivity index is 2.29. The predicted molar refractivity (Wildman–Crippen MR) is 53.8 cm³/mol. The molecule has 1 aromatic carbocycles. The topological polar surface area (TPSA) is 57.6 Å². The van der Waals surface area contributed by atoms with Crippen LogP contribution in [-0.4, -0.2) is 28.4 Å². The summed E-state index contributed by atoms with van der Waals surface area (Å²) in [4.78, 5) is 23.4. The van der Waals surface area contributed by atoms with E-state index in [1.54, 1.807) is 18.2 Å². The second-order valence-electron chi connectivity index (χ2n) is 3.36. The Labute approximate surface area is 91.1 Å². The van der Waals surface area contributed by atoms with Crippen molar-refractivity contribution in [1.82, 2.24) is 4.90 Å². The first-order valence-electron chi connectivity index (χ1n) is 4.37. The molecule has 0 radical (unpaired) electrons. The summed E-state index contributed by atoms with van der Waals surface area (Å²) in [5.41, 5.74) is 1.33. The summed E-state index contributed by atoms with van der Waals surface area (Å²) < 4.78 is 0. The zero-order valence-electron chi connectivity index (χ0n) is 7.74. The average Bonchev–Trinajstić information content (AvgIpc) is 2.42. The molecule has 0 fully saturated rings. The Morgan fingerprint density at radius 2 is 2.27 bits per heavy atom. The number of carbonyl (C=O) groups excluding carboxylic acids is 1. The Kier molecular flexibility index (Phi) is 2.36. The van der Waals surface area contributed by atoms with Gasteiger partial charge in [0.2, 0.25) is 0 Å². The molecule has 2 rings (SSSR count). The maximum Gasteiger partial charge on any atom is 0.323 e. The lowest BCUT2D eigenvalue weighted by atomic mass is 10.1. The van der Waals surface area contributed by atoms with E-state index in [0.29, 0.717) is 17.1 Å². The van der Waals surface area contributed by atoms with Crippen LogP contribution in [0.5, 0.6) is 0 Å². The van der Waals surface area contributed by atoms with E-state index in [2.05, 4.69) is 0 Å². The fourth-order valence-electron chi connectivity index (χ4n) is 1.64. The van der Waals surface area contributed by atoms with E-state index in [1.807, 2.05) is 0 Å². The molecule has 1 aromatic rings. The van der Waals surface area contributed by atoms with Gasteiger partial charge in [-0.1, -0.05) is 11.6 Å². The number of amides is 1. The fraction of sp³-hybridized carbons (Fsp3) is 0.200. The molecular weight excluding hydrogens is 218 g/mol. The minimum atomic E-state index is -1.01. The number of halogens is 1. The van der Waals surface area contributed by atoms with E-state index >= 15 is 0 Å². The molecule has 4 nitrogen and oxygen atoms in total. The highest BCUT2D eigenvalue weighted by Gasteiger charge is 2.28. The Bertz CT molecular complexity index is 444. The monoisotopic (exact) mass is 225 g/mol. The van der Waals surface area contributed by atoms with Gasteiger partial charge in [0.05, 0.1) is 0 Å². The third-order valence-electron chi connectivity index (χ3n) is 2.27. The van der Waals surface area contributed by atoms with Crippen molar-refractivity contribution in [3.8, 4) is 0 Å². The van der Waals surface area contributed by atoms with E-state index in [0.717, 1.165) is 5.56 Å². The first-order chi connectivity index (χ1) is 7.08. The second kappa shape index (κ2) is 3.55. The normalized spacial score (nSPS) is 14.2. The second-order valence-corrected chi connectivity index (χ2v) is 3.79. The van der Waals surface area contributed by atoms with Gasteiger partial charge in [0.15, 0.2) is 0 Å². The van der Waals surface area contributed by atoms with Crippen LogP contribution in [0, 0.1) is 0 Å². The van der Waals surface area contributed by atoms with Crippen molar-refractivity contribution in [1.29, 1.82) is 0 Å². The fourth-order valence-corrected chi connectivity index (χ4v) is 1.84. The largest absolute Gasteiger partial charge is 0.480 e. The van der Waals surface area contributed by atoms with E-state index in [1.165, 1.54) is 4.90 Å². The van der Waals surface area contributed by atoms with Crippen LogP contribution in [0.3, 0.4) is 0 Å². The predicted octanol–water partition coefficient (Wildman–Crippen LogP) is 1.38. The number of hydrogen-bond acceptors (Lipinski definition) is 2. The number of carboxylic acids is 1. The maximum atomic E-state index is 11.7. The van der Waals surface area contributed by atoms with E-state index in [-0.39, 0.29) is 12.5 Å².